The summed E-state index contributed by atoms with van der Waals surface area (Å²) < 4.78 is 16.4. The first kappa shape index (κ1) is 20.0. The van der Waals surface area contributed by atoms with Crippen molar-refractivity contribution in [1.29, 1.82) is 0 Å². The van der Waals surface area contributed by atoms with Crippen LogP contribution in [-0.4, -0.2) is 51.8 Å². The average molecular weight is 384 g/mol. The molecule has 0 aliphatic carbocycles. The summed E-state index contributed by atoms with van der Waals surface area (Å²) in [6.45, 7) is 1.68. The Hall–Kier alpha value is -2.73. The quantitative estimate of drug-likeness (QED) is 0.758. The molecule has 6 heteroatoms. The fraction of sp³-hybridized carbons (Fsp3) is 0.409. The van der Waals surface area contributed by atoms with Gasteiger partial charge in [0.2, 0.25) is 5.91 Å². The summed E-state index contributed by atoms with van der Waals surface area (Å²) in [5, 5.41) is 3.06. The zero-order valence-corrected chi connectivity index (χ0v) is 16.7. The predicted octanol–water partition coefficient (Wildman–Crippen LogP) is 2.82. The van der Waals surface area contributed by atoms with Crippen LogP contribution >= 0.6 is 0 Å². The third-order valence-electron chi connectivity index (χ3n) is 4.84. The van der Waals surface area contributed by atoms with E-state index in [0.717, 1.165) is 28.4 Å². The molecule has 28 heavy (non-hydrogen) atoms. The van der Waals surface area contributed by atoms with Crippen molar-refractivity contribution in [3.63, 3.8) is 0 Å². The number of likely N-dealkylation sites (N-methyl/N-ethyl adjacent to an activating group) is 1. The van der Waals surface area contributed by atoms with E-state index in [1.165, 1.54) is 0 Å². The van der Waals surface area contributed by atoms with Crippen LogP contribution in [0.5, 0.6) is 17.2 Å². The van der Waals surface area contributed by atoms with E-state index in [1.807, 2.05) is 50.5 Å². The number of fused-ring (bicyclic) bond motifs is 1. The summed E-state index contributed by atoms with van der Waals surface area (Å²) >= 11 is 0. The van der Waals surface area contributed by atoms with Crippen molar-refractivity contribution in [3.05, 3.63) is 53.6 Å². The highest BCUT2D eigenvalue weighted by molar-refractivity contribution is 5.76. The highest BCUT2D eigenvalue weighted by Crippen LogP contribution is 2.31. The summed E-state index contributed by atoms with van der Waals surface area (Å²) in [5.41, 5.74) is 2.17. The Balaban J connectivity index is 1.53. The fourth-order valence-electron chi connectivity index (χ4n) is 3.25. The van der Waals surface area contributed by atoms with Crippen molar-refractivity contribution in [1.82, 2.24) is 10.2 Å². The molecule has 0 radical (unpaired) electrons. The number of rotatable bonds is 8. The van der Waals surface area contributed by atoms with Gasteiger partial charge in [0.1, 0.15) is 19.0 Å². The Morgan fingerprint density at radius 1 is 1.14 bits per heavy atom. The van der Waals surface area contributed by atoms with Gasteiger partial charge < -0.3 is 24.4 Å². The molecule has 0 bridgehead atoms. The van der Waals surface area contributed by atoms with Gasteiger partial charge in [-0.1, -0.05) is 18.2 Å². The molecule has 1 aliphatic heterocycles. The van der Waals surface area contributed by atoms with Crippen LogP contribution in [0.25, 0.3) is 0 Å². The summed E-state index contributed by atoms with van der Waals surface area (Å²) in [6.07, 6.45) is 1.09. The summed E-state index contributed by atoms with van der Waals surface area (Å²) in [5.74, 6) is 2.38. The van der Waals surface area contributed by atoms with E-state index >= 15 is 0 Å². The van der Waals surface area contributed by atoms with Crippen LogP contribution in [-0.2, 0) is 11.2 Å². The maximum absolute atomic E-state index is 12.4. The van der Waals surface area contributed by atoms with Crippen LogP contribution in [0, 0.1) is 0 Å². The molecular formula is C22H28N2O4. The van der Waals surface area contributed by atoms with Crippen molar-refractivity contribution in [3.8, 4) is 17.2 Å². The largest absolute Gasteiger partial charge is 0.497 e. The molecule has 0 fully saturated rings. The number of amides is 1. The van der Waals surface area contributed by atoms with Crippen molar-refractivity contribution in [2.75, 3.05) is 41.0 Å². The Kier molecular flexibility index (Phi) is 6.76. The second kappa shape index (κ2) is 9.46. The van der Waals surface area contributed by atoms with E-state index in [1.54, 1.807) is 7.11 Å². The topological polar surface area (TPSA) is 60.0 Å². The number of nitrogens with zero attached hydrogens (tertiary/aromatic N) is 1. The predicted molar refractivity (Wildman–Crippen MR) is 108 cm³/mol. The van der Waals surface area contributed by atoms with Gasteiger partial charge in [-0.3, -0.25) is 4.79 Å². The monoisotopic (exact) mass is 384 g/mol. The molecule has 1 atom stereocenters. The van der Waals surface area contributed by atoms with Crippen molar-refractivity contribution in [2.45, 2.75) is 18.9 Å². The molecule has 0 saturated carbocycles. The number of carbonyl (C=O) groups is 1. The van der Waals surface area contributed by atoms with Gasteiger partial charge >= 0.3 is 0 Å². The molecular weight excluding hydrogens is 356 g/mol. The highest BCUT2D eigenvalue weighted by atomic mass is 16.6. The summed E-state index contributed by atoms with van der Waals surface area (Å²) in [4.78, 5) is 14.5. The van der Waals surface area contributed by atoms with Gasteiger partial charge in [0.05, 0.1) is 13.2 Å². The second-order valence-corrected chi connectivity index (χ2v) is 7.04. The van der Waals surface area contributed by atoms with Crippen molar-refractivity contribution in [2.24, 2.45) is 0 Å². The maximum atomic E-state index is 12.4. The number of nitrogens with one attached hydrogen (secondary N) is 1. The maximum Gasteiger partial charge on any atom is 0.220 e. The number of carbonyl (C=O) groups excluding carboxylic acids is 1. The molecule has 1 aliphatic rings. The van der Waals surface area contributed by atoms with Crippen LogP contribution < -0.4 is 19.5 Å². The van der Waals surface area contributed by atoms with Gasteiger partial charge in [-0.25, -0.2) is 0 Å². The van der Waals surface area contributed by atoms with E-state index in [0.29, 0.717) is 32.6 Å². The zero-order valence-electron chi connectivity index (χ0n) is 16.7. The Bertz CT molecular complexity index is 807. The van der Waals surface area contributed by atoms with E-state index < -0.39 is 0 Å². The van der Waals surface area contributed by atoms with E-state index in [-0.39, 0.29) is 11.9 Å². The molecule has 1 amide bonds. The van der Waals surface area contributed by atoms with Gasteiger partial charge in [-0.05, 0) is 55.9 Å². The first-order valence-electron chi connectivity index (χ1n) is 9.52. The SMILES string of the molecule is COc1cccc([C@H](CNC(=O)CCc2ccc3c(c2)OCCO3)N(C)C)c1. The molecule has 0 spiro atoms. The smallest absolute Gasteiger partial charge is 0.220 e. The zero-order chi connectivity index (χ0) is 19.9. The number of methoxy groups -OCH3 is 1. The van der Waals surface area contributed by atoms with E-state index in [4.69, 9.17) is 14.2 Å². The molecule has 1 heterocycles. The van der Waals surface area contributed by atoms with Crippen LogP contribution in [0.1, 0.15) is 23.6 Å². The Labute approximate surface area is 166 Å². The molecule has 0 aromatic heterocycles. The van der Waals surface area contributed by atoms with Crippen LogP contribution in [0.4, 0.5) is 0 Å². The molecule has 6 nitrogen and oxygen atoms in total. The second-order valence-electron chi connectivity index (χ2n) is 7.04. The van der Waals surface area contributed by atoms with Crippen molar-refractivity contribution < 1.29 is 19.0 Å². The van der Waals surface area contributed by atoms with Gasteiger partial charge in [-0.15, -0.1) is 0 Å². The average Bonchev–Trinajstić information content (AvgIpc) is 2.72. The number of hydrogen-bond acceptors (Lipinski definition) is 5. The standard InChI is InChI=1S/C22H28N2O4/c1-24(2)19(17-5-4-6-18(14-17)26-3)15-23-22(25)10-8-16-7-9-20-21(13-16)28-12-11-27-20/h4-7,9,13-14,19H,8,10-12,15H2,1-3H3,(H,23,25)/t19-/m0/s1. The summed E-state index contributed by atoms with van der Waals surface area (Å²) in [6, 6.07) is 13.9. The molecule has 0 saturated heterocycles. The first-order valence-corrected chi connectivity index (χ1v) is 9.52. The van der Waals surface area contributed by atoms with E-state index in [2.05, 4.69) is 16.3 Å². The molecule has 2 aromatic rings. The minimum Gasteiger partial charge on any atom is -0.497 e. The molecule has 1 N–H and O–H groups in total. The van der Waals surface area contributed by atoms with Gasteiger partial charge in [0.15, 0.2) is 11.5 Å². The lowest BCUT2D eigenvalue weighted by Gasteiger charge is -2.25. The van der Waals surface area contributed by atoms with Gasteiger partial charge in [0.25, 0.3) is 0 Å². The minimum absolute atomic E-state index is 0.0321. The lowest BCUT2D eigenvalue weighted by Crippen LogP contribution is -2.34. The molecule has 2 aromatic carbocycles. The molecule has 3 rings (SSSR count). The number of benzene rings is 2. The van der Waals surface area contributed by atoms with Crippen LogP contribution in [0.15, 0.2) is 42.5 Å². The van der Waals surface area contributed by atoms with Crippen LogP contribution in [0.2, 0.25) is 0 Å². The normalized spacial score (nSPS) is 13.9. The summed E-state index contributed by atoms with van der Waals surface area (Å²) in [7, 11) is 5.67. The fourth-order valence-corrected chi connectivity index (χ4v) is 3.25. The number of aryl methyl sites for hydroxylation is 1. The van der Waals surface area contributed by atoms with E-state index in [9.17, 15) is 4.79 Å². The lowest BCUT2D eigenvalue weighted by atomic mass is 10.1. The number of ether oxygens (including phenoxy) is 3. The van der Waals surface area contributed by atoms with Crippen LogP contribution in [0.3, 0.4) is 0 Å². The Morgan fingerprint density at radius 3 is 2.68 bits per heavy atom. The Morgan fingerprint density at radius 2 is 1.93 bits per heavy atom. The first-order chi connectivity index (χ1) is 13.6. The number of hydrogen-bond donors (Lipinski definition) is 1. The van der Waals surface area contributed by atoms with Crippen molar-refractivity contribution >= 4 is 5.91 Å². The molecule has 150 valence electrons. The third-order valence-corrected chi connectivity index (χ3v) is 4.84. The minimum atomic E-state index is 0.0321. The van der Waals surface area contributed by atoms with Gasteiger partial charge in [0, 0.05) is 13.0 Å². The third kappa shape index (κ3) is 5.16. The molecule has 0 unspecified atom stereocenters. The highest BCUT2D eigenvalue weighted by Gasteiger charge is 2.16. The van der Waals surface area contributed by atoms with Gasteiger partial charge in [-0.2, -0.15) is 0 Å². The lowest BCUT2D eigenvalue weighted by molar-refractivity contribution is -0.121.